The predicted molar refractivity (Wildman–Crippen MR) is 118 cm³/mol. The van der Waals surface area contributed by atoms with Crippen LogP contribution in [0.5, 0.6) is 5.75 Å². The van der Waals surface area contributed by atoms with Crippen molar-refractivity contribution in [3.05, 3.63) is 29.8 Å². The van der Waals surface area contributed by atoms with E-state index < -0.39 is 0 Å². The summed E-state index contributed by atoms with van der Waals surface area (Å²) in [5.41, 5.74) is 0.731. The molecule has 166 valence electrons. The zero-order valence-electron chi connectivity index (χ0n) is 18.6. The Morgan fingerprint density at radius 3 is 2.53 bits per heavy atom. The standard InChI is InChI=1S/C24H37N3O3/c1-25-11-7-21(8-12-25)26-14-9-22(10-15-26)30-23-5-3-4-20(16-23)24(28)27-13-6-19(17-27)18-29-2/h3-5,16,19,21-22H,6-15,17-18H2,1-2H3/t19-/m1/s1. The highest BCUT2D eigenvalue weighted by atomic mass is 16.5. The number of benzene rings is 1. The number of ether oxygens (including phenoxy) is 2. The van der Waals surface area contributed by atoms with Gasteiger partial charge >= 0.3 is 0 Å². The normalized spacial score (nSPS) is 25.0. The van der Waals surface area contributed by atoms with Crippen molar-refractivity contribution in [2.45, 2.75) is 44.2 Å². The van der Waals surface area contributed by atoms with E-state index in [-0.39, 0.29) is 12.0 Å². The molecule has 0 unspecified atom stereocenters. The summed E-state index contributed by atoms with van der Waals surface area (Å²) in [5, 5.41) is 0. The smallest absolute Gasteiger partial charge is 0.253 e. The molecule has 6 nitrogen and oxygen atoms in total. The van der Waals surface area contributed by atoms with Gasteiger partial charge in [-0.2, -0.15) is 0 Å². The van der Waals surface area contributed by atoms with Crippen molar-refractivity contribution >= 4 is 5.91 Å². The molecule has 0 aliphatic carbocycles. The van der Waals surface area contributed by atoms with Crippen molar-refractivity contribution < 1.29 is 14.3 Å². The Bertz CT molecular complexity index is 697. The molecule has 1 aromatic rings. The van der Waals surface area contributed by atoms with Crippen LogP contribution in [0.25, 0.3) is 0 Å². The van der Waals surface area contributed by atoms with Crippen LogP contribution in [0.15, 0.2) is 24.3 Å². The monoisotopic (exact) mass is 415 g/mol. The Hall–Kier alpha value is -1.63. The molecule has 0 saturated carbocycles. The molecule has 30 heavy (non-hydrogen) atoms. The van der Waals surface area contributed by atoms with Gasteiger partial charge in [-0.25, -0.2) is 0 Å². The molecule has 3 saturated heterocycles. The summed E-state index contributed by atoms with van der Waals surface area (Å²) < 4.78 is 11.5. The number of carbonyl (C=O) groups is 1. The lowest BCUT2D eigenvalue weighted by Crippen LogP contribution is -2.48. The van der Waals surface area contributed by atoms with Crippen LogP contribution < -0.4 is 4.74 Å². The Kier molecular flexibility index (Phi) is 7.28. The largest absolute Gasteiger partial charge is 0.490 e. The van der Waals surface area contributed by atoms with Gasteiger partial charge in [0.15, 0.2) is 0 Å². The highest BCUT2D eigenvalue weighted by Crippen LogP contribution is 2.25. The number of hydrogen-bond acceptors (Lipinski definition) is 5. The molecule has 0 spiro atoms. The highest BCUT2D eigenvalue weighted by molar-refractivity contribution is 5.94. The molecule has 3 heterocycles. The van der Waals surface area contributed by atoms with Crippen LogP contribution in [0.3, 0.4) is 0 Å². The van der Waals surface area contributed by atoms with E-state index in [4.69, 9.17) is 9.47 Å². The fraction of sp³-hybridized carbons (Fsp3) is 0.708. The van der Waals surface area contributed by atoms with Crippen LogP contribution in [-0.2, 0) is 4.74 Å². The number of rotatable bonds is 6. The van der Waals surface area contributed by atoms with E-state index in [2.05, 4.69) is 16.8 Å². The van der Waals surface area contributed by atoms with E-state index in [0.717, 1.165) is 69.4 Å². The maximum absolute atomic E-state index is 12.9. The molecular formula is C24H37N3O3. The Labute approximate surface area is 181 Å². The SMILES string of the molecule is COC[C@@H]1CCN(C(=O)c2cccc(OC3CCN(C4CCN(C)CC4)CC3)c2)C1. The fourth-order valence-electron chi connectivity index (χ4n) is 5.19. The molecule has 6 heteroatoms. The van der Waals surface area contributed by atoms with Gasteiger partial charge in [0, 0.05) is 50.8 Å². The van der Waals surface area contributed by atoms with Crippen molar-refractivity contribution in [2.75, 3.05) is 60.0 Å². The van der Waals surface area contributed by atoms with Gasteiger partial charge in [-0.3, -0.25) is 4.79 Å². The summed E-state index contributed by atoms with van der Waals surface area (Å²) in [4.78, 5) is 19.9. The van der Waals surface area contributed by atoms with E-state index >= 15 is 0 Å². The van der Waals surface area contributed by atoms with Crippen LogP contribution >= 0.6 is 0 Å². The average molecular weight is 416 g/mol. The van der Waals surface area contributed by atoms with E-state index in [1.165, 1.54) is 25.9 Å². The van der Waals surface area contributed by atoms with E-state index in [1.807, 2.05) is 29.2 Å². The van der Waals surface area contributed by atoms with Crippen LogP contribution in [0.4, 0.5) is 0 Å². The number of hydrogen-bond donors (Lipinski definition) is 0. The second kappa shape index (κ2) is 10.1. The first kappa shape index (κ1) is 21.6. The molecule has 4 rings (SSSR count). The minimum absolute atomic E-state index is 0.108. The zero-order chi connectivity index (χ0) is 20.9. The Morgan fingerprint density at radius 2 is 1.80 bits per heavy atom. The van der Waals surface area contributed by atoms with Crippen molar-refractivity contribution in [3.63, 3.8) is 0 Å². The summed E-state index contributed by atoms with van der Waals surface area (Å²) in [6.07, 6.45) is 5.97. The van der Waals surface area contributed by atoms with E-state index in [9.17, 15) is 4.79 Å². The summed E-state index contributed by atoms with van der Waals surface area (Å²) in [5.74, 6) is 1.38. The summed E-state index contributed by atoms with van der Waals surface area (Å²) >= 11 is 0. The van der Waals surface area contributed by atoms with E-state index in [0.29, 0.717) is 5.92 Å². The van der Waals surface area contributed by atoms with Gasteiger partial charge in [0.1, 0.15) is 11.9 Å². The highest BCUT2D eigenvalue weighted by Gasteiger charge is 2.29. The molecular weight excluding hydrogens is 378 g/mol. The number of likely N-dealkylation sites (tertiary alicyclic amines) is 3. The van der Waals surface area contributed by atoms with Gasteiger partial charge in [0.25, 0.3) is 5.91 Å². The van der Waals surface area contributed by atoms with Crippen LogP contribution in [0.2, 0.25) is 0 Å². The molecule has 3 aliphatic rings. The third kappa shape index (κ3) is 5.34. The topological polar surface area (TPSA) is 45.2 Å². The quantitative estimate of drug-likeness (QED) is 0.715. The molecule has 0 N–H and O–H groups in total. The summed E-state index contributed by atoms with van der Waals surface area (Å²) in [7, 11) is 3.94. The van der Waals surface area contributed by atoms with Crippen molar-refractivity contribution in [2.24, 2.45) is 5.92 Å². The van der Waals surface area contributed by atoms with Gasteiger partial charge in [-0.15, -0.1) is 0 Å². The maximum Gasteiger partial charge on any atom is 0.253 e. The Morgan fingerprint density at radius 1 is 1.03 bits per heavy atom. The van der Waals surface area contributed by atoms with Gasteiger partial charge < -0.3 is 24.2 Å². The minimum Gasteiger partial charge on any atom is -0.490 e. The van der Waals surface area contributed by atoms with Crippen molar-refractivity contribution in [1.82, 2.24) is 14.7 Å². The van der Waals surface area contributed by atoms with Gasteiger partial charge in [-0.1, -0.05) is 6.07 Å². The lowest BCUT2D eigenvalue weighted by Gasteiger charge is -2.41. The van der Waals surface area contributed by atoms with Crippen LogP contribution in [-0.4, -0.2) is 92.8 Å². The van der Waals surface area contributed by atoms with Gasteiger partial charge in [0.2, 0.25) is 0 Å². The molecule has 1 aromatic carbocycles. The lowest BCUT2D eigenvalue weighted by molar-refractivity contribution is 0.0524. The molecule has 0 aromatic heterocycles. The Balaban J connectivity index is 1.27. The first-order chi connectivity index (χ1) is 14.6. The van der Waals surface area contributed by atoms with Gasteiger partial charge in [-0.05, 0) is 70.4 Å². The van der Waals surface area contributed by atoms with Crippen molar-refractivity contribution in [1.29, 1.82) is 0 Å². The predicted octanol–water partition coefficient (Wildman–Crippen LogP) is 2.73. The number of amides is 1. The molecule has 0 radical (unpaired) electrons. The van der Waals surface area contributed by atoms with Crippen LogP contribution in [0, 0.1) is 5.92 Å². The summed E-state index contributed by atoms with van der Waals surface area (Å²) in [6, 6.07) is 8.50. The number of nitrogens with zero attached hydrogens (tertiary/aromatic N) is 3. The zero-order valence-corrected chi connectivity index (χ0v) is 18.6. The van der Waals surface area contributed by atoms with Crippen LogP contribution in [0.1, 0.15) is 42.5 Å². The van der Waals surface area contributed by atoms with Crippen molar-refractivity contribution in [3.8, 4) is 5.75 Å². The first-order valence-electron chi connectivity index (χ1n) is 11.6. The minimum atomic E-state index is 0.108. The molecule has 1 atom stereocenters. The van der Waals surface area contributed by atoms with Gasteiger partial charge in [0.05, 0.1) is 6.61 Å². The number of piperidine rings is 2. The molecule has 0 bridgehead atoms. The summed E-state index contributed by atoms with van der Waals surface area (Å²) in [6.45, 7) is 6.98. The number of carbonyl (C=O) groups excluding carboxylic acids is 1. The second-order valence-electron chi connectivity index (χ2n) is 9.28. The molecule has 3 aliphatic heterocycles. The second-order valence-corrected chi connectivity index (χ2v) is 9.28. The van der Waals surface area contributed by atoms with E-state index in [1.54, 1.807) is 7.11 Å². The third-order valence-corrected chi connectivity index (χ3v) is 7.04. The third-order valence-electron chi connectivity index (χ3n) is 7.04. The number of methoxy groups -OCH3 is 1. The lowest BCUT2D eigenvalue weighted by atomic mass is 9.99. The fourth-order valence-corrected chi connectivity index (χ4v) is 5.19. The maximum atomic E-state index is 12.9. The molecule has 3 fully saturated rings. The first-order valence-corrected chi connectivity index (χ1v) is 11.6. The average Bonchev–Trinajstić information content (AvgIpc) is 3.23. The molecule has 1 amide bonds.